The Morgan fingerprint density at radius 1 is 0.931 bits per heavy atom. The van der Waals surface area contributed by atoms with Crippen LogP contribution in [0.1, 0.15) is 62.8 Å². The molecule has 2 amide bonds. The summed E-state index contributed by atoms with van der Waals surface area (Å²) in [6.07, 6.45) is -3.99. The number of hydrogen-bond acceptors (Lipinski definition) is 7. The standard InChI is InChI=1S/C20H28ClNO7/c1-19(2,3)28-17(25)22(18(26)29-20(4,5)6)15(23)14(21)12-8-10-13(11-9-12)16(24)27-7/h8-11,14-15,23H,1-7H3. The first-order chi connectivity index (χ1) is 13.2. The number of benzene rings is 1. The Kier molecular flexibility index (Phi) is 8.06. The second-order valence-electron chi connectivity index (χ2n) is 8.26. The van der Waals surface area contributed by atoms with E-state index in [1.165, 1.54) is 31.4 Å². The van der Waals surface area contributed by atoms with Crippen LogP contribution in [0.15, 0.2) is 24.3 Å². The Balaban J connectivity index is 3.17. The van der Waals surface area contributed by atoms with E-state index in [1.807, 2.05) is 0 Å². The van der Waals surface area contributed by atoms with E-state index in [1.54, 1.807) is 41.5 Å². The van der Waals surface area contributed by atoms with Crippen LogP contribution in [-0.2, 0) is 14.2 Å². The van der Waals surface area contributed by atoms with Crippen molar-refractivity contribution >= 4 is 29.8 Å². The van der Waals surface area contributed by atoms with E-state index in [0.29, 0.717) is 10.5 Å². The average molecular weight is 430 g/mol. The maximum atomic E-state index is 12.6. The van der Waals surface area contributed by atoms with E-state index in [4.69, 9.17) is 21.1 Å². The van der Waals surface area contributed by atoms with Gasteiger partial charge in [0.15, 0.2) is 6.23 Å². The molecular weight excluding hydrogens is 402 g/mol. The van der Waals surface area contributed by atoms with Gasteiger partial charge >= 0.3 is 18.2 Å². The molecule has 9 heteroatoms. The number of amides is 2. The van der Waals surface area contributed by atoms with Crippen LogP contribution in [0.3, 0.4) is 0 Å². The number of ether oxygens (including phenoxy) is 3. The third-order valence-corrected chi connectivity index (χ3v) is 3.83. The summed E-state index contributed by atoms with van der Waals surface area (Å²) in [5, 5.41) is 9.48. The lowest BCUT2D eigenvalue weighted by atomic mass is 10.1. The fourth-order valence-corrected chi connectivity index (χ4v) is 2.39. The predicted octanol–water partition coefficient (Wildman–Crippen LogP) is 4.24. The highest BCUT2D eigenvalue weighted by Gasteiger charge is 2.39. The van der Waals surface area contributed by atoms with Crippen LogP contribution >= 0.6 is 11.6 Å². The lowest BCUT2D eigenvalue weighted by Gasteiger charge is -2.32. The summed E-state index contributed by atoms with van der Waals surface area (Å²) in [4.78, 5) is 37.1. The average Bonchev–Trinajstić information content (AvgIpc) is 2.57. The third kappa shape index (κ3) is 7.55. The first kappa shape index (κ1) is 24.7. The van der Waals surface area contributed by atoms with Gasteiger partial charge in [0.25, 0.3) is 0 Å². The largest absolute Gasteiger partial charge is 0.465 e. The summed E-state index contributed by atoms with van der Waals surface area (Å²) in [6.45, 7) is 9.72. The molecule has 1 aromatic carbocycles. The van der Waals surface area contributed by atoms with Crippen LogP contribution in [-0.4, -0.2) is 52.7 Å². The first-order valence-corrected chi connectivity index (χ1v) is 9.35. The normalized spacial score (nSPS) is 13.8. The van der Waals surface area contributed by atoms with Crippen molar-refractivity contribution in [3.05, 3.63) is 35.4 Å². The van der Waals surface area contributed by atoms with Gasteiger partial charge in [0.1, 0.15) is 16.6 Å². The smallest absolute Gasteiger partial charge is 0.422 e. The second kappa shape index (κ2) is 9.45. The molecule has 0 fully saturated rings. The molecule has 0 saturated carbocycles. The van der Waals surface area contributed by atoms with Crippen molar-refractivity contribution in [1.29, 1.82) is 0 Å². The number of aliphatic hydroxyl groups is 1. The molecule has 8 nitrogen and oxygen atoms in total. The van der Waals surface area contributed by atoms with Crippen LogP contribution in [0.2, 0.25) is 0 Å². The number of carbonyl (C=O) groups is 3. The third-order valence-electron chi connectivity index (χ3n) is 3.36. The minimum absolute atomic E-state index is 0.283. The Morgan fingerprint density at radius 2 is 1.34 bits per heavy atom. The molecule has 2 atom stereocenters. The SMILES string of the molecule is COC(=O)c1ccc(C(Cl)C(O)N(C(=O)OC(C)(C)C)C(=O)OC(C)(C)C)cc1. The molecule has 0 saturated heterocycles. The molecule has 162 valence electrons. The van der Waals surface area contributed by atoms with Crippen molar-refractivity contribution in [2.45, 2.75) is 64.3 Å². The van der Waals surface area contributed by atoms with Gasteiger partial charge in [-0.2, -0.15) is 4.90 Å². The maximum absolute atomic E-state index is 12.6. The molecular formula is C20H28ClNO7. The zero-order valence-electron chi connectivity index (χ0n) is 17.7. The predicted molar refractivity (Wildman–Crippen MR) is 107 cm³/mol. The van der Waals surface area contributed by atoms with Gasteiger partial charge in [-0.15, -0.1) is 11.6 Å². The van der Waals surface area contributed by atoms with Crippen molar-refractivity contribution in [2.75, 3.05) is 7.11 Å². The summed E-state index contributed by atoms with van der Waals surface area (Å²) in [5.74, 6) is -0.535. The van der Waals surface area contributed by atoms with E-state index in [0.717, 1.165) is 0 Å². The maximum Gasteiger partial charge on any atom is 0.422 e. The van der Waals surface area contributed by atoms with Gasteiger partial charge in [-0.1, -0.05) is 12.1 Å². The van der Waals surface area contributed by atoms with Gasteiger partial charge in [0, 0.05) is 0 Å². The number of nitrogens with zero attached hydrogens (tertiary/aromatic N) is 1. The molecule has 0 aliphatic carbocycles. The molecule has 0 radical (unpaired) electrons. The van der Waals surface area contributed by atoms with Gasteiger partial charge in [-0.05, 0) is 59.2 Å². The summed E-state index contributed by atoms with van der Waals surface area (Å²) < 4.78 is 15.1. The Labute approximate surface area is 175 Å². The Hall–Kier alpha value is -2.32. The molecule has 0 aliphatic rings. The van der Waals surface area contributed by atoms with Crippen LogP contribution in [0.25, 0.3) is 0 Å². The second-order valence-corrected chi connectivity index (χ2v) is 8.73. The number of alkyl halides is 1. The molecule has 0 heterocycles. The van der Waals surface area contributed by atoms with Crippen molar-refractivity contribution in [2.24, 2.45) is 0 Å². The zero-order chi connectivity index (χ0) is 22.6. The number of hydrogen-bond donors (Lipinski definition) is 1. The van der Waals surface area contributed by atoms with Gasteiger partial charge < -0.3 is 19.3 Å². The molecule has 0 spiro atoms. The number of imide groups is 1. The van der Waals surface area contributed by atoms with Crippen molar-refractivity contribution in [1.82, 2.24) is 4.90 Å². The number of aliphatic hydroxyl groups excluding tert-OH is 1. The summed E-state index contributed by atoms with van der Waals surface area (Å²) in [6, 6.07) is 5.87. The Bertz CT molecular complexity index is 707. The number of halogens is 1. The first-order valence-electron chi connectivity index (χ1n) is 8.92. The van der Waals surface area contributed by atoms with E-state index in [9.17, 15) is 19.5 Å². The van der Waals surface area contributed by atoms with Crippen LogP contribution in [0.5, 0.6) is 0 Å². The van der Waals surface area contributed by atoms with Crippen LogP contribution in [0.4, 0.5) is 9.59 Å². The molecule has 2 unspecified atom stereocenters. The number of carbonyl (C=O) groups excluding carboxylic acids is 3. The van der Waals surface area contributed by atoms with Gasteiger partial charge in [-0.3, -0.25) is 0 Å². The van der Waals surface area contributed by atoms with E-state index >= 15 is 0 Å². The highest BCUT2D eigenvalue weighted by atomic mass is 35.5. The van der Waals surface area contributed by atoms with Crippen molar-refractivity contribution in [3.8, 4) is 0 Å². The lowest BCUT2D eigenvalue weighted by molar-refractivity contribution is -0.0448. The van der Waals surface area contributed by atoms with Gasteiger partial charge in [0.05, 0.1) is 12.7 Å². The lowest BCUT2D eigenvalue weighted by Crippen LogP contribution is -2.50. The highest BCUT2D eigenvalue weighted by molar-refractivity contribution is 6.21. The minimum atomic E-state index is -1.79. The fourth-order valence-electron chi connectivity index (χ4n) is 2.14. The van der Waals surface area contributed by atoms with E-state index < -0.39 is 41.0 Å². The fraction of sp³-hybridized carbons (Fsp3) is 0.550. The summed E-state index contributed by atoms with van der Waals surface area (Å²) >= 11 is 6.32. The van der Waals surface area contributed by atoms with Gasteiger partial charge in [0.2, 0.25) is 0 Å². The number of esters is 1. The number of methoxy groups -OCH3 is 1. The minimum Gasteiger partial charge on any atom is -0.465 e. The van der Waals surface area contributed by atoms with Crippen molar-refractivity contribution in [3.63, 3.8) is 0 Å². The van der Waals surface area contributed by atoms with Crippen LogP contribution < -0.4 is 0 Å². The molecule has 0 aromatic heterocycles. The topological polar surface area (TPSA) is 102 Å². The molecule has 1 rings (SSSR count). The molecule has 1 N–H and O–H groups in total. The van der Waals surface area contributed by atoms with Crippen LogP contribution in [0, 0.1) is 0 Å². The highest BCUT2D eigenvalue weighted by Crippen LogP contribution is 2.29. The molecule has 1 aromatic rings. The monoisotopic (exact) mass is 429 g/mol. The molecule has 29 heavy (non-hydrogen) atoms. The van der Waals surface area contributed by atoms with Gasteiger partial charge in [-0.25, -0.2) is 14.4 Å². The van der Waals surface area contributed by atoms with E-state index in [2.05, 4.69) is 4.74 Å². The van der Waals surface area contributed by atoms with Crippen molar-refractivity contribution < 1.29 is 33.7 Å². The summed E-state index contributed by atoms with van der Waals surface area (Å²) in [7, 11) is 1.25. The quantitative estimate of drug-likeness (QED) is 0.330. The molecule has 0 bridgehead atoms. The Morgan fingerprint density at radius 3 is 1.69 bits per heavy atom. The molecule has 0 aliphatic heterocycles. The number of rotatable bonds is 4. The summed E-state index contributed by atoms with van der Waals surface area (Å²) in [5.41, 5.74) is -1.18. The zero-order valence-corrected chi connectivity index (χ0v) is 18.4. The van der Waals surface area contributed by atoms with E-state index in [-0.39, 0.29) is 5.56 Å².